The molecule has 0 bridgehead atoms. The molecule has 0 heterocycles. The molecule has 84 valence electrons. The molecule has 2 rings (SSSR count). The Morgan fingerprint density at radius 1 is 1.27 bits per heavy atom. The standard InChI is InChI=1S/C12H18O3/c1-4-14-9-6-8-7-10(13)12(8,3)11(9)15-5-2/h8H,4-7H2,1-3H3. The molecule has 2 aliphatic rings. The first-order chi connectivity index (χ1) is 7.14. The Morgan fingerprint density at radius 2 is 1.93 bits per heavy atom. The fourth-order valence-electron chi connectivity index (χ4n) is 2.60. The van der Waals surface area contributed by atoms with Crippen LogP contribution in [-0.4, -0.2) is 19.0 Å². The summed E-state index contributed by atoms with van der Waals surface area (Å²) < 4.78 is 11.2. The largest absolute Gasteiger partial charge is 0.495 e. The summed E-state index contributed by atoms with van der Waals surface area (Å²) in [6.45, 7) is 7.13. The normalized spacial score (nSPS) is 33.8. The summed E-state index contributed by atoms with van der Waals surface area (Å²) in [6, 6.07) is 0. The zero-order chi connectivity index (χ0) is 11.1. The molecule has 0 aromatic carbocycles. The number of hydrogen-bond acceptors (Lipinski definition) is 3. The van der Waals surface area contributed by atoms with E-state index in [1.54, 1.807) is 0 Å². The minimum absolute atomic E-state index is 0.297. The van der Waals surface area contributed by atoms with Crippen molar-refractivity contribution in [1.82, 2.24) is 0 Å². The van der Waals surface area contributed by atoms with E-state index < -0.39 is 0 Å². The average Bonchev–Trinajstić information content (AvgIpc) is 2.42. The van der Waals surface area contributed by atoms with Gasteiger partial charge in [-0.05, 0) is 26.7 Å². The molecular formula is C12H18O3. The summed E-state index contributed by atoms with van der Waals surface area (Å²) in [5.41, 5.74) is -0.374. The van der Waals surface area contributed by atoms with Gasteiger partial charge in [-0.15, -0.1) is 0 Å². The Morgan fingerprint density at radius 3 is 2.47 bits per heavy atom. The summed E-state index contributed by atoms with van der Waals surface area (Å²) in [5.74, 6) is 2.41. The predicted molar refractivity (Wildman–Crippen MR) is 56.1 cm³/mol. The lowest BCUT2D eigenvalue weighted by Gasteiger charge is -2.40. The third-order valence-electron chi connectivity index (χ3n) is 3.59. The zero-order valence-corrected chi connectivity index (χ0v) is 9.63. The van der Waals surface area contributed by atoms with Crippen molar-refractivity contribution in [3.8, 4) is 0 Å². The number of fused-ring (bicyclic) bond motifs is 1. The maximum absolute atomic E-state index is 11.7. The molecule has 0 saturated heterocycles. The quantitative estimate of drug-likeness (QED) is 0.714. The van der Waals surface area contributed by atoms with Crippen LogP contribution in [-0.2, 0) is 14.3 Å². The van der Waals surface area contributed by atoms with E-state index >= 15 is 0 Å². The second-order valence-corrected chi connectivity index (χ2v) is 4.35. The van der Waals surface area contributed by atoms with Gasteiger partial charge in [-0.2, -0.15) is 0 Å². The van der Waals surface area contributed by atoms with Crippen molar-refractivity contribution in [2.75, 3.05) is 13.2 Å². The van der Waals surface area contributed by atoms with E-state index in [0.29, 0.717) is 31.3 Å². The molecule has 0 aromatic rings. The first-order valence-corrected chi connectivity index (χ1v) is 5.67. The summed E-state index contributed by atoms with van der Waals surface area (Å²) >= 11 is 0. The van der Waals surface area contributed by atoms with Gasteiger partial charge < -0.3 is 9.47 Å². The molecule has 3 nitrogen and oxygen atoms in total. The van der Waals surface area contributed by atoms with Crippen molar-refractivity contribution in [3.05, 3.63) is 11.5 Å². The lowest BCUT2D eigenvalue weighted by Crippen LogP contribution is -2.46. The van der Waals surface area contributed by atoms with E-state index in [2.05, 4.69) is 0 Å². The molecule has 1 fully saturated rings. The number of ketones is 1. The second kappa shape index (κ2) is 3.54. The molecule has 0 amide bonds. The van der Waals surface area contributed by atoms with Crippen LogP contribution >= 0.6 is 0 Å². The van der Waals surface area contributed by atoms with Crippen LogP contribution in [0.15, 0.2) is 11.5 Å². The number of carbonyl (C=O) groups is 1. The minimum atomic E-state index is -0.374. The molecule has 1 saturated carbocycles. The van der Waals surface area contributed by atoms with Gasteiger partial charge in [0.1, 0.15) is 17.3 Å². The van der Waals surface area contributed by atoms with E-state index in [-0.39, 0.29) is 5.41 Å². The number of hydrogen-bond donors (Lipinski definition) is 0. The van der Waals surface area contributed by atoms with Crippen LogP contribution in [0.5, 0.6) is 0 Å². The Balaban J connectivity index is 2.28. The number of rotatable bonds is 4. The monoisotopic (exact) mass is 210 g/mol. The van der Waals surface area contributed by atoms with Gasteiger partial charge in [0.15, 0.2) is 0 Å². The van der Waals surface area contributed by atoms with Crippen LogP contribution in [0.2, 0.25) is 0 Å². The van der Waals surface area contributed by atoms with Crippen LogP contribution in [0.3, 0.4) is 0 Å². The molecule has 2 aliphatic carbocycles. The Kier molecular flexibility index (Phi) is 2.49. The van der Waals surface area contributed by atoms with E-state index in [4.69, 9.17) is 9.47 Å². The van der Waals surface area contributed by atoms with Crippen molar-refractivity contribution in [1.29, 1.82) is 0 Å². The third kappa shape index (κ3) is 1.29. The van der Waals surface area contributed by atoms with Crippen LogP contribution in [0.4, 0.5) is 0 Å². The first kappa shape index (κ1) is 10.5. The van der Waals surface area contributed by atoms with Gasteiger partial charge in [0.2, 0.25) is 0 Å². The molecule has 0 aromatic heterocycles. The van der Waals surface area contributed by atoms with Crippen LogP contribution < -0.4 is 0 Å². The molecule has 0 spiro atoms. The van der Waals surface area contributed by atoms with Crippen molar-refractivity contribution < 1.29 is 14.3 Å². The second-order valence-electron chi connectivity index (χ2n) is 4.35. The summed E-state index contributed by atoms with van der Waals surface area (Å²) in [7, 11) is 0. The smallest absolute Gasteiger partial charge is 0.147 e. The number of allylic oxidation sites excluding steroid dienone is 2. The maximum atomic E-state index is 11.7. The molecule has 0 aliphatic heterocycles. The summed E-state index contributed by atoms with van der Waals surface area (Å²) in [5, 5.41) is 0. The highest BCUT2D eigenvalue weighted by atomic mass is 16.5. The molecular weight excluding hydrogens is 192 g/mol. The van der Waals surface area contributed by atoms with Crippen molar-refractivity contribution in [2.45, 2.75) is 33.6 Å². The predicted octanol–water partition coefficient (Wildman–Crippen LogP) is 2.27. The molecule has 2 unspecified atom stereocenters. The Hall–Kier alpha value is -0.990. The van der Waals surface area contributed by atoms with Crippen LogP contribution in [0.1, 0.15) is 33.6 Å². The molecule has 3 heteroatoms. The Bertz CT molecular complexity index is 319. The van der Waals surface area contributed by atoms with Gasteiger partial charge in [-0.1, -0.05) is 0 Å². The molecule has 0 N–H and O–H groups in total. The fraction of sp³-hybridized carbons (Fsp3) is 0.750. The van der Waals surface area contributed by atoms with Crippen LogP contribution in [0, 0.1) is 11.3 Å². The summed E-state index contributed by atoms with van der Waals surface area (Å²) in [6.07, 6.45) is 1.55. The van der Waals surface area contributed by atoms with Gasteiger partial charge in [0.05, 0.1) is 18.6 Å². The number of Topliss-reactive ketones (excluding diaryl/α,β-unsaturated/α-hetero) is 1. The van der Waals surface area contributed by atoms with Crippen molar-refractivity contribution >= 4 is 5.78 Å². The number of ether oxygens (including phenoxy) is 2. The van der Waals surface area contributed by atoms with Gasteiger partial charge in [0, 0.05) is 12.8 Å². The highest BCUT2D eigenvalue weighted by Gasteiger charge is 2.60. The van der Waals surface area contributed by atoms with E-state index in [9.17, 15) is 4.79 Å². The molecule has 15 heavy (non-hydrogen) atoms. The number of carbonyl (C=O) groups excluding carboxylic acids is 1. The van der Waals surface area contributed by atoms with E-state index in [0.717, 1.165) is 17.9 Å². The maximum Gasteiger partial charge on any atom is 0.147 e. The molecule has 2 atom stereocenters. The first-order valence-electron chi connectivity index (χ1n) is 5.67. The lowest BCUT2D eigenvalue weighted by molar-refractivity contribution is -0.142. The zero-order valence-electron chi connectivity index (χ0n) is 9.63. The van der Waals surface area contributed by atoms with Gasteiger partial charge in [-0.3, -0.25) is 4.79 Å². The Labute approximate surface area is 90.4 Å². The van der Waals surface area contributed by atoms with E-state index in [1.807, 2.05) is 20.8 Å². The SMILES string of the molecule is CCOC1=C(OCC)C2(C)C(=O)CC2C1. The topological polar surface area (TPSA) is 35.5 Å². The van der Waals surface area contributed by atoms with Crippen LogP contribution in [0.25, 0.3) is 0 Å². The minimum Gasteiger partial charge on any atom is -0.495 e. The average molecular weight is 210 g/mol. The molecule has 0 radical (unpaired) electrons. The van der Waals surface area contributed by atoms with Gasteiger partial charge in [-0.25, -0.2) is 0 Å². The summed E-state index contributed by atoms with van der Waals surface area (Å²) in [4.78, 5) is 11.7. The van der Waals surface area contributed by atoms with E-state index in [1.165, 1.54) is 0 Å². The van der Waals surface area contributed by atoms with Crippen molar-refractivity contribution in [3.63, 3.8) is 0 Å². The highest BCUT2D eigenvalue weighted by molar-refractivity contribution is 5.94. The van der Waals surface area contributed by atoms with Gasteiger partial charge >= 0.3 is 0 Å². The lowest BCUT2D eigenvalue weighted by atomic mass is 9.61. The van der Waals surface area contributed by atoms with Crippen molar-refractivity contribution in [2.24, 2.45) is 11.3 Å². The highest BCUT2D eigenvalue weighted by Crippen LogP contribution is 2.57. The third-order valence-corrected chi connectivity index (χ3v) is 3.59. The van der Waals surface area contributed by atoms with Gasteiger partial charge in [0.25, 0.3) is 0 Å². The fourth-order valence-corrected chi connectivity index (χ4v) is 2.60.